The monoisotopic (exact) mass is 212 g/mol. The van der Waals surface area contributed by atoms with E-state index in [4.69, 9.17) is 5.73 Å². The molecule has 0 fully saturated rings. The average Bonchev–Trinajstić information content (AvgIpc) is 2.00. The van der Waals surface area contributed by atoms with Crippen molar-refractivity contribution < 1.29 is 12.6 Å². The fraction of sp³-hybridized carbons (Fsp3) is 0.125. The highest BCUT2D eigenvalue weighted by molar-refractivity contribution is 7.86. The van der Waals surface area contributed by atoms with Gasteiger partial charge in [-0.15, -0.1) is 4.40 Å². The first-order valence-electron chi connectivity index (χ1n) is 3.89. The number of fused-ring (bicyclic) bond motifs is 1. The Morgan fingerprint density at radius 1 is 1.43 bits per heavy atom. The van der Waals surface area contributed by atoms with Crippen LogP contribution in [0.3, 0.4) is 0 Å². The molecule has 5 nitrogen and oxygen atoms in total. The van der Waals surface area contributed by atoms with Gasteiger partial charge in [-0.1, -0.05) is 12.1 Å². The number of benzene rings is 1. The van der Waals surface area contributed by atoms with Gasteiger partial charge in [0.1, 0.15) is 0 Å². The van der Waals surface area contributed by atoms with Crippen molar-refractivity contribution in [3.05, 3.63) is 29.3 Å². The molecule has 1 aromatic rings. The van der Waals surface area contributed by atoms with Crippen LogP contribution in [0.25, 0.3) is 0 Å². The van der Waals surface area contributed by atoms with E-state index in [-0.39, 0.29) is 11.6 Å². The van der Waals surface area contributed by atoms with Crippen molar-refractivity contribution in [2.75, 3.05) is 0 Å². The first-order valence-corrected chi connectivity index (χ1v) is 5.26. The van der Waals surface area contributed by atoms with E-state index < -0.39 is 10.3 Å². The first kappa shape index (κ1) is 9.01. The van der Waals surface area contributed by atoms with E-state index in [0.29, 0.717) is 5.56 Å². The Labute approximate surface area is 81.5 Å². The van der Waals surface area contributed by atoms with E-state index in [1.165, 1.54) is 0 Å². The van der Waals surface area contributed by atoms with Crippen molar-refractivity contribution in [2.24, 2.45) is 10.1 Å². The number of hydrogen-bond donors (Lipinski definition) is 1. The topological polar surface area (TPSA) is 81.8 Å². The number of aryl methyl sites for hydroxylation is 1. The molecule has 0 amide bonds. The SMILES string of the molecule is Cc1cccc2c1C(N)=NS(=O)(=O)O2. The minimum atomic E-state index is -3.90. The summed E-state index contributed by atoms with van der Waals surface area (Å²) in [4.78, 5) is 0. The summed E-state index contributed by atoms with van der Waals surface area (Å²) in [5.74, 6) is 0.210. The molecule has 2 rings (SSSR count). The summed E-state index contributed by atoms with van der Waals surface area (Å²) >= 11 is 0. The summed E-state index contributed by atoms with van der Waals surface area (Å²) in [5.41, 5.74) is 6.89. The molecule has 1 aliphatic heterocycles. The molecule has 0 saturated carbocycles. The van der Waals surface area contributed by atoms with E-state index in [0.717, 1.165) is 5.56 Å². The molecule has 2 N–H and O–H groups in total. The molecule has 1 aromatic carbocycles. The van der Waals surface area contributed by atoms with Gasteiger partial charge in [-0.05, 0) is 18.6 Å². The van der Waals surface area contributed by atoms with Crippen molar-refractivity contribution in [1.82, 2.24) is 0 Å². The summed E-state index contributed by atoms with van der Waals surface area (Å²) < 4.78 is 30.0. The van der Waals surface area contributed by atoms with Gasteiger partial charge in [-0.3, -0.25) is 0 Å². The third-order valence-corrected chi connectivity index (χ3v) is 2.71. The Morgan fingerprint density at radius 2 is 2.14 bits per heavy atom. The average molecular weight is 212 g/mol. The number of amidine groups is 1. The number of rotatable bonds is 0. The maximum Gasteiger partial charge on any atom is 0.430 e. The number of nitrogens with two attached hydrogens (primary N) is 1. The van der Waals surface area contributed by atoms with Crippen molar-refractivity contribution in [3.63, 3.8) is 0 Å². The standard InChI is InChI=1S/C8H8N2O3S/c1-5-3-2-4-6-7(5)8(9)10-14(11,12)13-6/h2-4H,1H3,(H2,9,10). The summed E-state index contributed by atoms with van der Waals surface area (Å²) in [7, 11) is -3.90. The van der Waals surface area contributed by atoms with Gasteiger partial charge in [0, 0.05) is 0 Å². The zero-order chi connectivity index (χ0) is 10.3. The van der Waals surface area contributed by atoms with E-state index >= 15 is 0 Å². The predicted molar refractivity (Wildman–Crippen MR) is 51.5 cm³/mol. The minimum absolute atomic E-state index is 0.0237. The van der Waals surface area contributed by atoms with E-state index in [2.05, 4.69) is 8.58 Å². The molecule has 0 radical (unpaired) electrons. The molecule has 14 heavy (non-hydrogen) atoms. The lowest BCUT2D eigenvalue weighted by atomic mass is 10.1. The van der Waals surface area contributed by atoms with Crippen LogP contribution in [0.15, 0.2) is 22.6 Å². The fourth-order valence-electron chi connectivity index (χ4n) is 1.34. The molecule has 0 bridgehead atoms. The first-order chi connectivity index (χ1) is 6.49. The molecular weight excluding hydrogens is 204 g/mol. The van der Waals surface area contributed by atoms with Crippen LogP contribution >= 0.6 is 0 Å². The molecule has 1 heterocycles. The van der Waals surface area contributed by atoms with Crippen molar-refractivity contribution >= 4 is 16.1 Å². The summed E-state index contributed by atoms with van der Waals surface area (Å²) in [5, 5.41) is 0. The molecule has 0 unspecified atom stereocenters. The Morgan fingerprint density at radius 3 is 2.86 bits per heavy atom. The van der Waals surface area contributed by atoms with Gasteiger partial charge in [0.05, 0.1) is 5.56 Å². The highest BCUT2D eigenvalue weighted by Crippen LogP contribution is 2.27. The Balaban J connectivity index is 2.74. The van der Waals surface area contributed by atoms with Crippen LogP contribution in [-0.4, -0.2) is 14.3 Å². The minimum Gasteiger partial charge on any atom is -0.382 e. The van der Waals surface area contributed by atoms with Gasteiger partial charge in [-0.25, -0.2) is 0 Å². The maximum absolute atomic E-state index is 11.0. The lowest BCUT2D eigenvalue weighted by Gasteiger charge is -2.15. The van der Waals surface area contributed by atoms with Crippen molar-refractivity contribution in [3.8, 4) is 5.75 Å². The molecule has 0 aromatic heterocycles. The number of nitrogens with zero attached hydrogens (tertiary/aromatic N) is 1. The zero-order valence-corrected chi connectivity index (χ0v) is 8.21. The third kappa shape index (κ3) is 1.33. The van der Waals surface area contributed by atoms with Crippen molar-refractivity contribution in [1.29, 1.82) is 0 Å². The molecule has 1 aliphatic rings. The second kappa shape index (κ2) is 2.71. The van der Waals surface area contributed by atoms with Crippen LogP contribution in [0.4, 0.5) is 0 Å². The van der Waals surface area contributed by atoms with Crippen LogP contribution in [0.5, 0.6) is 5.75 Å². The normalized spacial score (nSPS) is 17.9. The van der Waals surface area contributed by atoms with Crippen LogP contribution in [0, 0.1) is 6.92 Å². The van der Waals surface area contributed by atoms with Crippen LogP contribution in [-0.2, 0) is 10.3 Å². The molecule has 74 valence electrons. The van der Waals surface area contributed by atoms with Gasteiger partial charge in [0.15, 0.2) is 11.6 Å². The summed E-state index contributed by atoms with van der Waals surface area (Å²) in [6.45, 7) is 1.81. The number of hydrogen-bond acceptors (Lipinski definition) is 4. The molecule has 0 saturated heterocycles. The molecule has 0 aliphatic carbocycles. The summed E-state index contributed by atoms with van der Waals surface area (Å²) in [6, 6.07) is 5.05. The predicted octanol–water partition coefficient (Wildman–Crippen LogP) is 0.338. The lowest BCUT2D eigenvalue weighted by molar-refractivity contribution is 0.484. The molecule has 0 spiro atoms. The van der Waals surface area contributed by atoms with Gasteiger partial charge < -0.3 is 9.92 Å². The van der Waals surface area contributed by atoms with Gasteiger partial charge in [-0.2, -0.15) is 8.42 Å². The van der Waals surface area contributed by atoms with Crippen LogP contribution in [0.2, 0.25) is 0 Å². The molecule has 0 atom stereocenters. The van der Waals surface area contributed by atoms with Gasteiger partial charge in [0.25, 0.3) is 0 Å². The Kier molecular flexibility index (Phi) is 1.75. The second-order valence-electron chi connectivity index (χ2n) is 2.94. The van der Waals surface area contributed by atoms with Gasteiger partial charge >= 0.3 is 10.3 Å². The van der Waals surface area contributed by atoms with E-state index in [1.807, 2.05) is 13.0 Å². The van der Waals surface area contributed by atoms with Crippen LogP contribution in [0.1, 0.15) is 11.1 Å². The zero-order valence-electron chi connectivity index (χ0n) is 7.39. The third-order valence-electron chi connectivity index (χ3n) is 1.90. The molecular formula is C8H8N2O3S. The maximum atomic E-state index is 11.0. The quantitative estimate of drug-likeness (QED) is 0.672. The van der Waals surface area contributed by atoms with Gasteiger partial charge in [0.2, 0.25) is 0 Å². The smallest absolute Gasteiger partial charge is 0.382 e. The van der Waals surface area contributed by atoms with Crippen LogP contribution < -0.4 is 9.92 Å². The molecule has 6 heteroatoms. The largest absolute Gasteiger partial charge is 0.430 e. The highest BCUT2D eigenvalue weighted by atomic mass is 32.2. The Hall–Kier alpha value is -1.56. The summed E-state index contributed by atoms with van der Waals surface area (Å²) in [6.07, 6.45) is 0. The van der Waals surface area contributed by atoms with E-state index in [9.17, 15) is 8.42 Å². The Bertz CT molecular complexity index is 519. The highest BCUT2D eigenvalue weighted by Gasteiger charge is 2.24. The lowest BCUT2D eigenvalue weighted by Crippen LogP contribution is -2.25. The van der Waals surface area contributed by atoms with E-state index in [1.54, 1.807) is 12.1 Å². The van der Waals surface area contributed by atoms with Crippen molar-refractivity contribution in [2.45, 2.75) is 6.92 Å². The fourth-order valence-corrected chi connectivity index (χ4v) is 2.07. The second-order valence-corrected chi connectivity index (χ2v) is 4.14.